The van der Waals surface area contributed by atoms with Crippen LogP contribution in [0.25, 0.3) is 0 Å². The standard InChI is InChI=1S/C11H15BrN2O4/c1-13-8-3-2-7(6-9(8)14(17)18)11(16)10(15)4-5-12/h2-3,6,10-11,13,15-16H,4-5H2,1H3. The van der Waals surface area contributed by atoms with Crippen LogP contribution in [0.5, 0.6) is 0 Å². The largest absolute Gasteiger partial charge is 0.390 e. The molecule has 1 rings (SSSR count). The van der Waals surface area contributed by atoms with Crippen molar-refractivity contribution in [3.8, 4) is 0 Å². The Hall–Kier alpha value is -1.18. The van der Waals surface area contributed by atoms with Crippen molar-refractivity contribution in [3.05, 3.63) is 33.9 Å². The molecule has 0 heterocycles. The zero-order chi connectivity index (χ0) is 13.7. The van der Waals surface area contributed by atoms with Crippen LogP contribution in [0.4, 0.5) is 11.4 Å². The Bertz CT molecular complexity index is 428. The molecule has 0 aliphatic rings. The number of nitro benzene ring substituents is 1. The van der Waals surface area contributed by atoms with E-state index in [2.05, 4.69) is 21.2 Å². The maximum Gasteiger partial charge on any atom is 0.292 e. The first-order chi connectivity index (χ1) is 8.51. The van der Waals surface area contributed by atoms with Gasteiger partial charge in [0.1, 0.15) is 11.8 Å². The molecule has 2 unspecified atom stereocenters. The normalized spacial score (nSPS) is 14.0. The highest BCUT2D eigenvalue weighted by Crippen LogP contribution is 2.29. The third kappa shape index (κ3) is 3.41. The molecule has 6 nitrogen and oxygen atoms in total. The highest BCUT2D eigenvalue weighted by atomic mass is 79.9. The van der Waals surface area contributed by atoms with Crippen LogP contribution in [0, 0.1) is 10.1 Å². The number of alkyl halides is 1. The molecule has 1 aromatic rings. The molecule has 1 aromatic carbocycles. The van der Waals surface area contributed by atoms with Crippen LogP contribution in [-0.2, 0) is 0 Å². The van der Waals surface area contributed by atoms with Crippen LogP contribution in [0.2, 0.25) is 0 Å². The van der Waals surface area contributed by atoms with Crippen molar-refractivity contribution in [3.63, 3.8) is 0 Å². The molecule has 0 saturated carbocycles. The SMILES string of the molecule is CNc1ccc(C(O)C(O)CCBr)cc1[N+](=O)[O-]. The summed E-state index contributed by atoms with van der Waals surface area (Å²) in [5.41, 5.74) is 0.570. The van der Waals surface area contributed by atoms with Gasteiger partial charge in [-0.2, -0.15) is 0 Å². The summed E-state index contributed by atoms with van der Waals surface area (Å²) in [5, 5.41) is 33.7. The summed E-state index contributed by atoms with van der Waals surface area (Å²) in [4.78, 5) is 10.3. The molecular weight excluding hydrogens is 304 g/mol. The number of nitrogens with one attached hydrogen (secondary N) is 1. The van der Waals surface area contributed by atoms with E-state index < -0.39 is 17.1 Å². The number of nitro groups is 1. The summed E-state index contributed by atoms with van der Waals surface area (Å²) in [6.45, 7) is 0. The average molecular weight is 319 g/mol. The van der Waals surface area contributed by atoms with Crippen molar-refractivity contribution in [2.45, 2.75) is 18.6 Å². The number of anilines is 1. The second-order valence-corrected chi connectivity index (χ2v) is 4.57. The number of halogens is 1. The number of hydrogen-bond acceptors (Lipinski definition) is 5. The van der Waals surface area contributed by atoms with Gasteiger partial charge in [0.05, 0.1) is 11.0 Å². The number of nitrogens with zero attached hydrogens (tertiary/aromatic N) is 1. The fourth-order valence-electron chi connectivity index (χ4n) is 1.59. The van der Waals surface area contributed by atoms with E-state index in [9.17, 15) is 20.3 Å². The Morgan fingerprint density at radius 2 is 2.17 bits per heavy atom. The molecular formula is C11H15BrN2O4. The average Bonchev–Trinajstić information content (AvgIpc) is 2.37. The number of aliphatic hydroxyl groups is 2. The molecule has 100 valence electrons. The maximum atomic E-state index is 10.9. The number of aliphatic hydroxyl groups excluding tert-OH is 2. The molecule has 18 heavy (non-hydrogen) atoms. The van der Waals surface area contributed by atoms with E-state index in [1.165, 1.54) is 12.1 Å². The molecule has 0 saturated heterocycles. The Morgan fingerprint density at radius 1 is 1.50 bits per heavy atom. The first-order valence-electron chi connectivity index (χ1n) is 5.39. The zero-order valence-corrected chi connectivity index (χ0v) is 11.4. The van der Waals surface area contributed by atoms with Gasteiger partial charge in [-0.1, -0.05) is 22.0 Å². The van der Waals surface area contributed by atoms with Gasteiger partial charge in [-0.3, -0.25) is 10.1 Å². The lowest BCUT2D eigenvalue weighted by molar-refractivity contribution is -0.384. The minimum atomic E-state index is -1.13. The van der Waals surface area contributed by atoms with E-state index in [1.54, 1.807) is 13.1 Å². The highest BCUT2D eigenvalue weighted by molar-refractivity contribution is 9.09. The van der Waals surface area contributed by atoms with E-state index in [1.807, 2.05) is 0 Å². The monoisotopic (exact) mass is 318 g/mol. The van der Waals surface area contributed by atoms with Crippen LogP contribution in [0.3, 0.4) is 0 Å². The summed E-state index contributed by atoms with van der Waals surface area (Å²) >= 11 is 3.16. The lowest BCUT2D eigenvalue weighted by atomic mass is 10.0. The number of benzene rings is 1. The van der Waals surface area contributed by atoms with Gasteiger partial charge in [-0.05, 0) is 18.1 Å². The fraction of sp³-hybridized carbons (Fsp3) is 0.455. The molecule has 0 aliphatic heterocycles. The van der Waals surface area contributed by atoms with Crippen LogP contribution in [0.1, 0.15) is 18.1 Å². The van der Waals surface area contributed by atoms with Gasteiger partial charge >= 0.3 is 0 Å². The second kappa shape index (κ2) is 6.67. The Morgan fingerprint density at radius 3 is 2.67 bits per heavy atom. The molecule has 7 heteroatoms. The quantitative estimate of drug-likeness (QED) is 0.422. The maximum absolute atomic E-state index is 10.9. The molecule has 2 atom stereocenters. The molecule has 3 N–H and O–H groups in total. The lowest BCUT2D eigenvalue weighted by Crippen LogP contribution is -2.18. The molecule has 0 radical (unpaired) electrons. The van der Waals surface area contributed by atoms with Gasteiger partial charge < -0.3 is 15.5 Å². The molecule has 0 amide bonds. The third-order valence-corrected chi connectivity index (χ3v) is 3.06. The van der Waals surface area contributed by atoms with Gasteiger partial charge in [0, 0.05) is 18.4 Å². The van der Waals surface area contributed by atoms with E-state index in [0.717, 1.165) is 0 Å². The van der Waals surface area contributed by atoms with Gasteiger partial charge in [-0.25, -0.2) is 0 Å². The smallest absolute Gasteiger partial charge is 0.292 e. The Balaban J connectivity index is 3.04. The van der Waals surface area contributed by atoms with E-state index >= 15 is 0 Å². The zero-order valence-electron chi connectivity index (χ0n) is 9.84. The van der Waals surface area contributed by atoms with Gasteiger partial charge in [0.2, 0.25) is 0 Å². The first kappa shape index (κ1) is 14.9. The lowest BCUT2D eigenvalue weighted by Gasteiger charge is -2.17. The number of hydrogen-bond donors (Lipinski definition) is 3. The second-order valence-electron chi connectivity index (χ2n) is 3.77. The van der Waals surface area contributed by atoms with E-state index in [-0.39, 0.29) is 5.69 Å². The van der Waals surface area contributed by atoms with Crippen LogP contribution < -0.4 is 5.32 Å². The topological polar surface area (TPSA) is 95.6 Å². The summed E-state index contributed by atoms with van der Waals surface area (Å²) < 4.78 is 0. The summed E-state index contributed by atoms with van der Waals surface area (Å²) in [6.07, 6.45) is -1.72. The van der Waals surface area contributed by atoms with Gasteiger partial charge in [0.25, 0.3) is 5.69 Å². The summed E-state index contributed by atoms with van der Waals surface area (Å²) in [5.74, 6) is 0. The predicted octanol–water partition coefficient (Wildman–Crippen LogP) is 1.82. The summed E-state index contributed by atoms with van der Waals surface area (Å²) in [7, 11) is 1.58. The van der Waals surface area contributed by atoms with Gasteiger partial charge in [-0.15, -0.1) is 0 Å². The van der Waals surface area contributed by atoms with Crippen molar-refractivity contribution in [2.24, 2.45) is 0 Å². The Kier molecular flexibility index (Phi) is 5.52. The van der Waals surface area contributed by atoms with E-state index in [4.69, 9.17) is 0 Å². The molecule has 0 spiro atoms. The van der Waals surface area contributed by atoms with Crippen molar-refractivity contribution >= 4 is 27.3 Å². The fourth-order valence-corrected chi connectivity index (χ4v) is 2.06. The minimum absolute atomic E-state index is 0.125. The number of rotatable bonds is 6. The van der Waals surface area contributed by atoms with Crippen molar-refractivity contribution in [1.82, 2.24) is 0 Å². The van der Waals surface area contributed by atoms with Crippen LogP contribution >= 0.6 is 15.9 Å². The molecule has 0 aliphatic carbocycles. The molecule has 0 bridgehead atoms. The summed E-state index contributed by atoms with van der Waals surface area (Å²) in [6, 6.07) is 4.34. The Labute approximate surface area is 113 Å². The molecule has 0 aromatic heterocycles. The predicted molar refractivity (Wildman–Crippen MR) is 72.0 cm³/mol. The van der Waals surface area contributed by atoms with Crippen molar-refractivity contribution < 1.29 is 15.1 Å². The first-order valence-corrected chi connectivity index (χ1v) is 6.51. The van der Waals surface area contributed by atoms with Crippen molar-refractivity contribution in [2.75, 3.05) is 17.7 Å². The van der Waals surface area contributed by atoms with Gasteiger partial charge in [0.15, 0.2) is 0 Å². The van der Waals surface area contributed by atoms with Crippen LogP contribution in [-0.4, -0.2) is 33.6 Å². The van der Waals surface area contributed by atoms with E-state index in [0.29, 0.717) is 23.0 Å². The third-order valence-electron chi connectivity index (χ3n) is 2.60. The molecule has 0 fully saturated rings. The van der Waals surface area contributed by atoms with Crippen molar-refractivity contribution in [1.29, 1.82) is 0 Å². The van der Waals surface area contributed by atoms with Crippen LogP contribution in [0.15, 0.2) is 18.2 Å². The minimum Gasteiger partial charge on any atom is -0.390 e. The highest BCUT2D eigenvalue weighted by Gasteiger charge is 2.21.